The van der Waals surface area contributed by atoms with E-state index in [0.717, 1.165) is 43.9 Å². The highest BCUT2D eigenvalue weighted by Crippen LogP contribution is 2.23. The van der Waals surface area contributed by atoms with Gasteiger partial charge in [0.05, 0.1) is 11.0 Å². The Kier molecular flexibility index (Phi) is 4.27. The van der Waals surface area contributed by atoms with Crippen LogP contribution in [0.2, 0.25) is 0 Å². The molecule has 0 radical (unpaired) electrons. The predicted octanol–water partition coefficient (Wildman–Crippen LogP) is 1.80. The molecule has 3 aromatic rings. The molecule has 1 unspecified atom stereocenters. The van der Waals surface area contributed by atoms with E-state index in [0.29, 0.717) is 11.7 Å². The summed E-state index contributed by atoms with van der Waals surface area (Å²) in [6, 6.07) is 8.45. The number of benzene rings is 1. The minimum absolute atomic E-state index is 0.162. The SMILES string of the molecule is Cc1noc(C2CN(CCc3nc4ccccc4n3C)CCN2C)n1. The molecule has 7 heteroatoms. The molecule has 1 aliphatic rings. The van der Waals surface area contributed by atoms with Crippen molar-refractivity contribution in [2.45, 2.75) is 19.4 Å². The molecule has 1 aliphatic heterocycles. The Bertz CT molecular complexity index is 869. The van der Waals surface area contributed by atoms with Gasteiger partial charge in [-0.05, 0) is 26.1 Å². The maximum atomic E-state index is 5.40. The summed E-state index contributed by atoms with van der Waals surface area (Å²) in [5.41, 5.74) is 2.26. The summed E-state index contributed by atoms with van der Waals surface area (Å²) in [5, 5.41) is 3.94. The zero-order chi connectivity index (χ0) is 17.4. The lowest BCUT2D eigenvalue weighted by molar-refractivity contribution is 0.0763. The van der Waals surface area contributed by atoms with E-state index in [9.17, 15) is 0 Å². The van der Waals surface area contributed by atoms with Crippen molar-refractivity contribution in [2.24, 2.45) is 7.05 Å². The fourth-order valence-corrected chi connectivity index (χ4v) is 3.53. The molecule has 1 saturated heterocycles. The molecule has 25 heavy (non-hydrogen) atoms. The van der Waals surface area contributed by atoms with E-state index in [-0.39, 0.29) is 6.04 Å². The van der Waals surface area contributed by atoms with Gasteiger partial charge in [-0.15, -0.1) is 0 Å². The Morgan fingerprint density at radius 2 is 2.00 bits per heavy atom. The second kappa shape index (κ2) is 6.57. The Balaban J connectivity index is 1.44. The van der Waals surface area contributed by atoms with Gasteiger partial charge in [0, 0.05) is 39.6 Å². The van der Waals surface area contributed by atoms with Crippen LogP contribution in [-0.2, 0) is 13.5 Å². The molecule has 0 bridgehead atoms. The van der Waals surface area contributed by atoms with E-state index in [1.807, 2.05) is 13.0 Å². The molecule has 0 amide bonds. The van der Waals surface area contributed by atoms with Crippen molar-refractivity contribution >= 4 is 11.0 Å². The van der Waals surface area contributed by atoms with Crippen molar-refractivity contribution in [1.82, 2.24) is 29.5 Å². The first-order valence-electron chi connectivity index (χ1n) is 8.75. The van der Waals surface area contributed by atoms with Crippen molar-refractivity contribution in [3.8, 4) is 0 Å². The molecule has 0 spiro atoms. The van der Waals surface area contributed by atoms with Gasteiger partial charge in [-0.3, -0.25) is 9.80 Å². The first-order valence-corrected chi connectivity index (χ1v) is 8.75. The monoisotopic (exact) mass is 340 g/mol. The Hall–Kier alpha value is -2.25. The van der Waals surface area contributed by atoms with Gasteiger partial charge in [-0.25, -0.2) is 4.98 Å². The van der Waals surface area contributed by atoms with E-state index in [4.69, 9.17) is 9.51 Å². The van der Waals surface area contributed by atoms with Crippen LogP contribution < -0.4 is 0 Å². The van der Waals surface area contributed by atoms with E-state index >= 15 is 0 Å². The standard InChI is InChI=1S/C18H24N6O/c1-13-19-18(25-21-13)16-12-24(11-10-22(16)2)9-8-17-20-14-6-4-5-7-15(14)23(17)3/h4-7,16H,8-12H2,1-3H3. The van der Waals surface area contributed by atoms with Crippen LogP contribution in [0, 0.1) is 6.92 Å². The van der Waals surface area contributed by atoms with E-state index in [1.165, 1.54) is 5.52 Å². The summed E-state index contributed by atoms with van der Waals surface area (Å²) in [4.78, 5) is 13.9. The molecule has 0 N–H and O–H groups in total. The third-order valence-corrected chi connectivity index (χ3v) is 5.09. The van der Waals surface area contributed by atoms with E-state index in [1.54, 1.807) is 0 Å². The zero-order valence-electron chi connectivity index (χ0n) is 15.0. The van der Waals surface area contributed by atoms with Crippen molar-refractivity contribution in [1.29, 1.82) is 0 Å². The van der Waals surface area contributed by atoms with Gasteiger partial charge in [0.2, 0.25) is 5.89 Å². The van der Waals surface area contributed by atoms with Gasteiger partial charge in [0.1, 0.15) is 11.9 Å². The Labute approximate surface area is 147 Å². The molecule has 1 aromatic carbocycles. The Morgan fingerprint density at radius 1 is 1.16 bits per heavy atom. The second-order valence-electron chi connectivity index (χ2n) is 6.80. The number of hydrogen-bond donors (Lipinski definition) is 0. The molecule has 3 heterocycles. The number of aryl methyl sites for hydroxylation is 2. The van der Waals surface area contributed by atoms with E-state index in [2.05, 4.69) is 56.8 Å². The van der Waals surface area contributed by atoms with Crippen molar-refractivity contribution in [3.63, 3.8) is 0 Å². The van der Waals surface area contributed by atoms with Gasteiger partial charge in [-0.2, -0.15) is 4.98 Å². The molecule has 0 aliphatic carbocycles. The molecular formula is C18H24N6O. The smallest absolute Gasteiger partial charge is 0.245 e. The highest BCUT2D eigenvalue weighted by atomic mass is 16.5. The van der Waals surface area contributed by atoms with Crippen LogP contribution in [0.4, 0.5) is 0 Å². The molecular weight excluding hydrogens is 316 g/mol. The number of aromatic nitrogens is 4. The molecule has 132 valence electrons. The summed E-state index contributed by atoms with van der Waals surface area (Å²) in [6.07, 6.45) is 0.935. The third-order valence-electron chi connectivity index (χ3n) is 5.09. The maximum Gasteiger partial charge on any atom is 0.245 e. The predicted molar refractivity (Wildman–Crippen MR) is 95.3 cm³/mol. The summed E-state index contributed by atoms with van der Waals surface area (Å²) in [7, 11) is 4.21. The van der Waals surface area contributed by atoms with Crippen molar-refractivity contribution < 1.29 is 4.52 Å². The number of fused-ring (bicyclic) bond motifs is 1. The topological polar surface area (TPSA) is 63.2 Å². The lowest BCUT2D eigenvalue weighted by atomic mass is 10.1. The normalized spacial score (nSPS) is 19.7. The first-order chi connectivity index (χ1) is 12.1. The molecule has 2 aromatic heterocycles. The number of rotatable bonds is 4. The number of hydrogen-bond acceptors (Lipinski definition) is 6. The van der Waals surface area contributed by atoms with Gasteiger partial charge in [0.15, 0.2) is 5.82 Å². The van der Waals surface area contributed by atoms with E-state index < -0.39 is 0 Å². The average Bonchev–Trinajstić information content (AvgIpc) is 3.18. The fourth-order valence-electron chi connectivity index (χ4n) is 3.53. The van der Waals surface area contributed by atoms with Crippen LogP contribution in [0.25, 0.3) is 11.0 Å². The quantitative estimate of drug-likeness (QED) is 0.722. The highest BCUT2D eigenvalue weighted by molar-refractivity contribution is 5.75. The van der Waals surface area contributed by atoms with Gasteiger partial charge in [0.25, 0.3) is 0 Å². The summed E-state index contributed by atoms with van der Waals surface area (Å²) in [6.45, 7) is 5.79. The number of imidazole rings is 1. The third kappa shape index (κ3) is 3.17. The van der Waals surface area contributed by atoms with Crippen LogP contribution in [0.3, 0.4) is 0 Å². The van der Waals surface area contributed by atoms with Gasteiger partial charge < -0.3 is 9.09 Å². The van der Waals surface area contributed by atoms with Gasteiger partial charge >= 0.3 is 0 Å². The molecule has 1 atom stereocenters. The van der Waals surface area contributed by atoms with Crippen molar-refractivity contribution in [3.05, 3.63) is 41.8 Å². The average molecular weight is 340 g/mol. The number of likely N-dealkylation sites (N-methyl/N-ethyl adjacent to an activating group) is 1. The molecule has 4 rings (SSSR count). The van der Waals surface area contributed by atoms with Crippen LogP contribution in [0.1, 0.15) is 23.6 Å². The zero-order valence-corrected chi connectivity index (χ0v) is 15.0. The lowest BCUT2D eigenvalue weighted by Gasteiger charge is -2.37. The van der Waals surface area contributed by atoms with Crippen LogP contribution >= 0.6 is 0 Å². The molecule has 7 nitrogen and oxygen atoms in total. The Morgan fingerprint density at radius 3 is 2.76 bits per heavy atom. The lowest BCUT2D eigenvalue weighted by Crippen LogP contribution is -2.47. The largest absolute Gasteiger partial charge is 0.338 e. The molecule has 1 fully saturated rings. The minimum atomic E-state index is 0.162. The highest BCUT2D eigenvalue weighted by Gasteiger charge is 2.29. The van der Waals surface area contributed by atoms with Gasteiger partial charge in [-0.1, -0.05) is 17.3 Å². The van der Waals surface area contributed by atoms with Crippen LogP contribution in [-0.4, -0.2) is 62.7 Å². The number of para-hydroxylation sites is 2. The van der Waals surface area contributed by atoms with Crippen LogP contribution in [0.15, 0.2) is 28.8 Å². The minimum Gasteiger partial charge on any atom is -0.338 e. The maximum absolute atomic E-state index is 5.40. The van der Waals surface area contributed by atoms with Crippen LogP contribution in [0.5, 0.6) is 0 Å². The van der Waals surface area contributed by atoms with Crippen molar-refractivity contribution in [2.75, 3.05) is 33.2 Å². The fraction of sp³-hybridized carbons (Fsp3) is 0.500. The summed E-state index contributed by atoms with van der Waals surface area (Å²) in [5.74, 6) is 2.54. The molecule has 0 saturated carbocycles. The summed E-state index contributed by atoms with van der Waals surface area (Å²) >= 11 is 0. The second-order valence-corrected chi connectivity index (χ2v) is 6.80. The number of nitrogens with zero attached hydrogens (tertiary/aromatic N) is 6. The summed E-state index contributed by atoms with van der Waals surface area (Å²) < 4.78 is 7.60. The first kappa shape index (κ1) is 16.2. The number of piperazine rings is 1.